The summed E-state index contributed by atoms with van der Waals surface area (Å²) in [6, 6.07) is 8.61. The Kier molecular flexibility index (Phi) is 9.24. The molecule has 1 aliphatic heterocycles. The van der Waals surface area contributed by atoms with Crippen molar-refractivity contribution in [2.75, 3.05) is 53.0 Å². The fraction of sp³-hybridized carbons (Fsp3) is 0.696. The van der Waals surface area contributed by atoms with Crippen LogP contribution in [-0.4, -0.2) is 75.1 Å². The first kappa shape index (κ1) is 22.8. The van der Waals surface area contributed by atoms with Gasteiger partial charge in [-0.2, -0.15) is 0 Å². The molecule has 1 aromatic carbocycles. The predicted octanol–water partition coefficient (Wildman–Crippen LogP) is 2.17. The lowest BCUT2D eigenvalue weighted by Crippen LogP contribution is -2.43. The van der Waals surface area contributed by atoms with E-state index in [1.54, 1.807) is 7.11 Å². The van der Waals surface area contributed by atoms with Crippen molar-refractivity contribution >= 4 is 5.96 Å². The fourth-order valence-electron chi connectivity index (χ4n) is 3.78. The van der Waals surface area contributed by atoms with Gasteiger partial charge in [0.15, 0.2) is 5.96 Å². The van der Waals surface area contributed by atoms with Crippen LogP contribution in [0.25, 0.3) is 0 Å². The van der Waals surface area contributed by atoms with Crippen molar-refractivity contribution in [3.63, 3.8) is 0 Å². The van der Waals surface area contributed by atoms with E-state index in [2.05, 4.69) is 32.7 Å². The topological polar surface area (TPSA) is 78.4 Å². The minimum Gasteiger partial charge on any atom is -0.497 e. The highest BCUT2D eigenvalue weighted by Gasteiger charge is 2.24. The zero-order valence-electron chi connectivity index (χ0n) is 18.5. The summed E-state index contributed by atoms with van der Waals surface area (Å²) in [6.07, 6.45) is 4.43. The molecule has 30 heavy (non-hydrogen) atoms. The van der Waals surface area contributed by atoms with Gasteiger partial charge in [0.2, 0.25) is 0 Å². The third kappa shape index (κ3) is 7.45. The average Bonchev–Trinajstić information content (AvgIpc) is 3.43. The second-order valence-electron chi connectivity index (χ2n) is 8.27. The Morgan fingerprint density at radius 3 is 2.57 bits per heavy atom. The molecule has 0 radical (unpaired) electrons. The molecule has 2 unspecified atom stereocenters. The summed E-state index contributed by atoms with van der Waals surface area (Å²) < 4.78 is 10.9. The molecular weight excluding hydrogens is 380 g/mol. The molecule has 168 valence electrons. The number of aliphatic hydroxyl groups excluding tert-OH is 1. The lowest BCUT2D eigenvalue weighted by molar-refractivity contribution is 0.0368. The van der Waals surface area contributed by atoms with Crippen LogP contribution in [0.1, 0.15) is 44.2 Å². The maximum absolute atomic E-state index is 10.2. The number of likely N-dealkylation sites (tertiary alicyclic amines) is 1. The molecular formula is C23H38N4O3. The summed E-state index contributed by atoms with van der Waals surface area (Å²) in [4.78, 5) is 7.10. The molecule has 1 saturated carbocycles. The summed E-state index contributed by atoms with van der Waals surface area (Å²) in [5.74, 6) is 2.32. The number of nitrogens with one attached hydrogen (secondary N) is 2. The van der Waals surface area contributed by atoms with Gasteiger partial charge in [-0.3, -0.25) is 9.89 Å². The number of hydrogen-bond donors (Lipinski definition) is 3. The van der Waals surface area contributed by atoms with E-state index in [-0.39, 0.29) is 6.04 Å². The van der Waals surface area contributed by atoms with E-state index in [9.17, 15) is 5.11 Å². The van der Waals surface area contributed by atoms with Crippen LogP contribution in [0.3, 0.4) is 0 Å². The normalized spacial score (nSPS) is 19.5. The molecule has 2 fully saturated rings. The Labute approximate surface area is 180 Å². The number of nitrogens with zero attached hydrogens (tertiary/aromatic N) is 2. The van der Waals surface area contributed by atoms with Crippen molar-refractivity contribution in [1.82, 2.24) is 15.5 Å². The van der Waals surface area contributed by atoms with Crippen LogP contribution in [0, 0.1) is 5.92 Å². The minimum atomic E-state index is -0.574. The molecule has 7 nitrogen and oxygen atoms in total. The maximum atomic E-state index is 10.2. The second kappa shape index (κ2) is 12.1. The Bertz CT molecular complexity index is 642. The molecule has 0 aromatic heterocycles. The Hall–Kier alpha value is -1.83. The van der Waals surface area contributed by atoms with E-state index < -0.39 is 6.10 Å². The molecule has 1 aliphatic carbocycles. The quantitative estimate of drug-likeness (QED) is 0.357. The Balaban J connectivity index is 1.55. The van der Waals surface area contributed by atoms with E-state index >= 15 is 0 Å². The maximum Gasteiger partial charge on any atom is 0.191 e. The largest absolute Gasteiger partial charge is 0.497 e. The highest BCUT2D eigenvalue weighted by atomic mass is 16.5. The summed E-state index contributed by atoms with van der Waals surface area (Å²) >= 11 is 0. The first-order valence-corrected chi connectivity index (χ1v) is 11.4. The van der Waals surface area contributed by atoms with Crippen molar-refractivity contribution < 1.29 is 14.6 Å². The molecule has 1 heterocycles. The predicted molar refractivity (Wildman–Crippen MR) is 120 cm³/mol. The average molecular weight is 419 g/mol. The summed E-state index contributed by atoms with van der Waals surface area (Å²) in [6.45, 7) is 7.25. The van der Waals surface area contributed by atoms with Gasteiger partial charge in [-0.05, 0) is 69.3 Å². The molecule has 0 spiro atoms. The van der Waals surface area contributed by atoms with Crippen LogP contribution >= 0.6 is 0 Å². The Morgan fingerprint density at radius 2 is 1.93 bits per heavy atom. The van der Waals surface area contributed by atoms with E-state index in [0.29, 0.717) is 19.1 Å². The monoisotopic (exact) mass is 418 g/mol. The zero-order chi connectivity index (χ0) is 21.2. The second-order valence-corrected chi connectivity index (χ2v) is 8.27. The highest BCUT2D eigenvalue weighted by Crippen LogP contribution is 2.28. The van der Waals surface area contributed by atoms with Crippen molar-refractivity contribution in [2.24, 2.45) is 10.9 Å². The van der Waals surface area contributed by atoms with Crippen molar-refractivity contribution in [3.8, 4) is 5.75 Å². The van der Waals surface area contributed by atoms with Gasteiger partial charge in [-0.25, -0.2) is 0 Å². The lowest BCUT2D eigenvalue weighted by Gasteiger charge is -2.29. The summed E-state index contributed by atoms with van der Waals surface area (Å²) in [7, 11) is 1.69. The number of methoxy groups -OCH3 is 1. The zero-order valence-corrected chi connectivity index (χ0v) is 18.5. The van der Waals surface area contributed by atoms with Gasteiger partial charge in [0.05, 0.1) is 32.4 Å². The number of aliphatic hydroxyl groups is 1. The first-order chi connectivity index (χ1) is 14.7. The minimum absolute atomic E-state index is 0.272. The molecule has 0 bridgehead atoms. The fourth-order valence-corrected chi connectivity index (χ4v) is 3.78. The van der Waals surface area contributed by atoms with E-state index in [4.69, 9.17) is 9.47 Å². The summed E-state index contributed by atoms with van der Waals surface area (Å²) in [5, 5.41) is 16.9. The number of guanidine groups is 1. The van der Waals surface area contributed by atoms with Crippen molar-refractivity contribution in [1.29, 1.82) is 0 Å². The van der Waals surface area contributed by atoms with Gasteiger partial charge in [0.1, 0.15) is 5.75 Å². The molecule has 2 atom stereocenters. The Morgan fingerprint density at radius 1 is 1.20 bits per heavy atom. The van der Waals surface area contributed by atoms with Crippen LogP contribution in [0.15, 0.2) is 29.3 Å². The third-order valence-electron chi connectivity index (χ3n) is 5.71. The lowest BCUT2D eigenvalue weighted by atomic mass is 10.1. The number of aliphatic imine (C=N–C) groups is 1. The van der Waals surface area contributed by atoms with Crippen LogP contribution < -0.4 is 15.4 Å². The van der Waals surface area contributed by atoms with Gasteiger partial charge < -0.3 is 25.2 Å². The van der Waals surface area contributed by atoms with E-state index in [0.717, 1.165) is 44.5 Å². The van der Waals surface area contributed by atoms with Gasteiger partial charge >= 0.3 is 0 Å². The van der Waals surface area contributed by atoms with Crippen LogP contribution in [0.5, 0.6) is 5.75 Å². The van der Waals surface area contributed by atoms with Crippen molar-refractivity contribution in [2.45, 2.75) is 44.8 Å². The van der Waals surface area contributed by atoms with E-state index in [1.807, 2.05) is 19.1 Å². The standard InChI is InChI=1S/C23H38N4O3/c1-3-24-23(25-14-20(28)17-30-16-18-6-7-18)26-15-22(27-12-4-5-13-27)19-8-10-21(29-2)11-9-19/h8-11,18,20,22,28H,3-7,12-17H2,1-2H3,(H2,24,25,26). The molecule has 1 saturated heterocycles. The van der Waals surface area contributed by atoms with Crippen molar-refractivity contribution in [3.05, 3.63) is 29.8 Å². The molecule has 0 amide bonds. The SMILES string of the molecule is CCNC(=NCC(O)COCC1CC1)NCC(c1ccc(OC)cc1)N1CCCC1. The first-order valence-electron chi connectivity index (χ1n) is 11.4. The summed E-state index contributed by atoms with van der Waals surface area (Å²) in [5.41, 5.74) is 1.27. The van der Waals surface area contributed by atoms with Gasteiger partial charge in [0, 0.05) is 19.7 Å². The molecule has 1 aromatic rings. The number of rotatable bonds is 12. The number of benzene rings is 1. The molecule has 3 N–H and O–H groups in total. The molecule has 3 rings (SSSR count). The molecule has 2 aliphatic rings. The molecule has 7 heteroatoms. The van der Waals surface area contributed by atoms with Gasteiger partial charge in [0.25, 0.3) is 0 Å². The third-order valence-corrected chi connectivity index (χ3v) is 5.71. The van der Waals surface area contributed by atoms with Gasteiger partial charge in [-0.15, -0.1) is 0 Å². The van der Waals surface area contributed by atoms with Crippen LogP contribution in [0.4, 0.5) is 0 Å². The smallest absolute Gasteiger partial charge is 0.191 e. The van der Waals surface area contributed by atoms with Gasteiger partial charge in [-0.1, -0.05) is 12.1 Å². The van der Waals surface area contributed by atoms with Crippen LogP contribution in [0.2, 0.25) is 0 Å². The highest BCUT2D eigenvalue weighted by molar-refractivity contribution is 5.79. The van der Waals surface area contributed by atoms with Crippen LogP contribution in [-0.2, 0) is 4.74 Å². The number of hydrogen-bond acceptors (Lipinski definition) is 5. The van der Waals surface area contributed by atoms with E-state index in [1.165, 1.54) is 31.2 Å². The number of ether oxygens (including phenoxy) is 2.